The molecule has 2 heteroatoms. The molecule has 14 heavy (non-hydrogen) atoms. The Bertz CT molecular complexity index is 429. The molecule has 0 aliphatic heterocycles. The first kappa shape index (κ1) is 11.2. The fourth-order valence-electron chi connectivity index (χ4n) is 1.50. The molecule has 0 atom stereocenters. The van der Waals surface area contributed by atoms with E-state index in [1.54, 1.807) is 11.5 Å². The van der Waals surface area contributed by atoms with Crippen molar-refractivity contribution in [3.63, 3.8) is 0 Å². The zero-order valence-corrected chi connectivity index (χ0v) is 10.3. The maximum absolute atomic E-state index is 4.21. The molecule has 1 nitrogen and oxygen atoms in total. The quantitative estimate of drug-likeness (QED) is 0.629. The molecular weight excluding hydrogens is 190 g/mol. The molecule has 0 spiro atoms. The van der Waals surface area contributed by atoms with Crippen LogP contribution in [0, 0.1) is 20.8 Å². The number of aromatic nitrogens is 1. The van der Waals surface area contributed by atoms with Gasteiger partial charge in [0, 0.05) is 11.6 Å². The highest BCUT2D eigenvalue weighted by Gasteiger charge is 2.04. The lowest BCUT2D eigenvalue weighted by molar-refractivity contribution is 1.35. The Balaban J connectivity index is 0.000000461. The number of rotatable bonds is 0. The predicted octanol–water partition coefficient (Wildman–Crippen LogP) is 4.25. The molecule has 1 aromatic carbocycles. The summed E-state index contributed by atoms with van der Waals surface area (Å²) in [5, 5.41) is 1.32. The first-order chi connectivity index (χ1) is 6.70. The fourth-order valence-corrected chi connectivity index (χ4v) is 2.27. The molecule has 0 N–H and O–H groups in total. The molecule has 0 unspecified atom stereocenters. The molecule has 1 aromatic heterocycles. The molecule has 0 fully saturated rings. The SMILES string of the molecule is CC.Cc1cc(C)c2sncc2c1C. The van der Waals surface area contributed by atoms with Crippen molar-refractivity contribution >= 4 is 21.6 Å². The second-order valence-electron chi connectivity index (χ2n) is 3.20. The van der Waals surface area contributed by atoms with Crippen molar-refractivity contribution in [1.82, 2.24) is 4.37 Å². The van der Waals surface area contributed by atoms with Gasteiger partial charge in [-0.25, -0.2) is 0 Å². The van der Waals surface area contributed by atoms with Crippen LogP contribution in [0.5, 0.6) is 0 Å². The standard InChI is InChI=1S/C10H11NS.C2H6/c1-6-4-7(2)10-9(8(6)3)5-11-12-10;1-2/h4-5H,1-3H3;1-2H3. The van der Waals surface area contributed by atoms with E-state index in [1.807, 2.05) is 20.0 Å². The first-order valence-corrected chi connectivity index (χ1v) is 5.78. The summed E-state index contributed by atoms with van der Waals surface area (Å²) in [5.74, 6) is 0. The minimum atomic E-state index is 1.32. The van der Waals surface area contributed by atoms with Crippen LogP contribution in [-0.2, 0) is 0 Å². The normalized spacial score (nSPS) is 9.79. The highest BCUT2D eigenvalue weighted by molar-refractivity contribution is 7.13. The number of benzene rings is 1. The maximum Gasteiger partial charge on any atom is 0.0582 e. The topological polar surface area (TPSA) is 12.9 Å². The van der Waals surface area contributed by atoms with Crippen molar-refractivity contribution in [2.45, 2.75) is 34.6 Å². The average Bonchev–Trinajstić information content (AvgIpc) is 2.67. The van der Waals surface area contributed by atoms with Crippen LogP contribution >= 0.6 is 11.5 Å². The number of fused-ring (bicyclic) bond motifs is 1. The molecule has 0 aliphatic carbocycles. The Hall–Kier alpha value is -0.890. The molecular formula is C12H17NS. The largest absolute Gasteiger partial charge is 0.200 e. The van der Waals surface area contributed by atoms with E-state index >= 15 is 0 Å². The van der Waals surface area contributed by atoms with Gasteiger partial charge in [0.15, 0.2) is 0 Å². The smallest absolute Gasteiger partial charge is 0.0582 e. The molecule has 0 amide bonds. The third kappa shape index (κ3) is 1.80. The Labute approximate surface area is 89.9 Å². The zero-order valence-electron chi connectivity index (χ0n) is 9.51. The van der Waals surface area contributed by atoms with Crippen molar-refractivity contribution in [3.05, 3.63) is 29.0 Å². The summed E-state index contributed by atoms with van der Waals surface area (Å²) >= 11 is 1.59. The summed E-state index contributed by atoms with van der Waals surface area (Å²) in [5.41, 5.74) is 4.07. The number of aryl methyl sites for hydroxylation is 3. The second-order valence-corrected chi connectivity index (χ2v) is 4.01. The Kier molecular flexibility index (Phi) is 3.64. The molecule has 2 aromatic rings. The summed E-state index contributed by atoms with van der Waals surface area (Å²) in [6.45, 7) is 10.5. The van der Waals surface area contributed by atoms with Gasteiger partial charge in [-0.1, -0.05) is 19.9 Å². The minimum absolute atomic E-state index is 1.32. The monoisotopic (exact) mass is 207 g/mol. The van der Waals surface area contributed by atoms with Gasteiger partial charge in [-0.2, -0.15) is 4.37 Å². The van der Waals surface area contributed by atoms with E-state index in [-0.39, 0.29) is 0 Å². The van der Waals surface area contributed by atoms with Crippen molar-refractivity contribution in [2.24, 2.45) is 0 Å². The maximum atomic E-state index is 4.21. The van der Waals surface area contributed by atoms with Gasteiger partial charge in [0.2, 0.25) is 0 Å². The fraction of sp³-hybridized carbons (Fsp3) is 0.417. The molecule has 0 saturated heterocycles. The van der Waals surface area contributed by atoms with Gasteiger partial charge >= 0.3 is 0 Å². The van der Waals surface area contributed by atoms with Crippen LogP contribution < -0.4 is 0 Å². The van der Waals surface area contributed by atoms with Crippen LogP contribution in [-0.4, -0.2) is 4.37 Å². The highest BCUT2D eigenvalue weighted by atomic mass is 32.1. The third-order valence-electron chi connectivity index (χ3n) is 2.36. The van der Waals surface area contributed by atoms with Gasteiger partial charge < -0.3 is 0 Å². The van der Waals surface area contributed by atoms with Crippen LogP contribution in [0.2, 0.25) is 0 Å². The lowest BCUT2D eigenvalue weighted by Crippen LogP contribution is -1.83. The summed E-state index contributed by atoms with van der Waals surface area (Å²) in [4.78, 5) is 0. The van der Waals surface area contributed by atoms with Crippen molar-refractivity contribution in [2.75, 3.05) is 0 Å². The molecule has 0 bridgehead atoms. The molecule has 2 rings (SSSR count). The highest BCUT2D eigenvalue weighted by Crippen LogP contribution is 2.27. The zero-order chi connectivity index (χ0) is 10.7. The second kappa shape index (κ2) is 4.56. The van der Waals surface area contributed by atoms with Gasteiger partial charge in [-0.05, 0) is 49.0 Å². The van der Waals surface area contributed by atoms with E-state index in [9.17, 15) is 0 Å². The Morgan fingerprint density at radius 3 is 2.36 bits per heavy atom. The van der Waals surface area contributed by atoms with Crippen molar-refractivity contribution in [3.8, 4) is 0 Å². The lowest BCUT2D eigenvalue weighted by Gasteiger charge is -2.02. The summed E-state index contributed by atoms with van der Waals surface area (Å²) in [6.07, 6.45) is 1.97. The van der Waals surface area contributed by atoms with Crippen LogP contribution in [0.3, 0.4) is 0 Å². The van der Waals surface area contributed by atoms with Gasteiger partial charge in [0.05, 0.1) is 4.70 Å². The Morgan fingerprint density at radius 2 is 1.71 bits per heavy atom. The average molecular weight is 207 g/mol. The van der Waals surface area contributed by atoms with Gasteiger partial charge in [-0.3, -0.25) is 0 Å². The molecule has 1 heterocycles. The van der Waals surface area contributed by atoms with Crippen LogP contribution in [0.25, 0.3) is 10.1 Å². The van der Waals surface area contributed by atoms with Gasteiger partial charge in [0.25, 0.3) is 0 Å². The van der Waals surface area contributed by atoms with Gasteiger partial charge in [0.1, 0.15) is 0 Å². The van der Waals surface area contributed by atoms with Gasteiger partial charge in [-0.15, -0.1) is 0 Å². The number of hydrogen-bond acceptors (Lipinski definition) is 2. The van der Waals surface area contributed by atoms with Crippen LogP contribution in [0.4, 0.5) is 0 Å². The molecule has 0 saturated carbocycles. The van der Waals surface area contributed by atoms with E-state index in [2.05, 4.69) is 31.2 Å². The molecule has 76 valence electrons. The van der Waals surface area contributed by atoms with Crippen LogP contribution in [0.1, 0.15) is 30.5 Å². The third-order valence-corrected chi connectivity index (χ3v) is 3.29. The van der Waals surface area contributed by atoms with Crippen molar-refractivity contribution in [1.29, 1.82) is 0 Å². The van der Waals surface area contributed by atoms with E-state index in [0.29, 0.717) is 0 Å². The van der Waals surface area contributed by atoms with Crippen LogP contribution in [0.15, 0.2) is 12.3 Å². The van der Waals surface area contributed by atoms with E-state index in [0.717, 1.165) is 0 Å². The Morgan fingerprint density at radius 1 is 1.07 bits per heavy atom. The summed E-state index contributed by atoms with van der Waals surface area (Å²) < 4.78 is 5.54. The van der Waals surface area contributed by atoms with E-state index < -0.39 is 0 Å². The van der Waals surface area contributed by atoms with Crippen molar-refractivity contribution < 1.29 is 0 Å². The summed E-state index contributed by atoms with van der Waals surface area (Å²) in [7, 11) is 0. The molecule has 0 radical (unpaired) electrons. The molecule has 0 aliphatic rings. The summed E-state index contributed by atoms with van der Waals surface area (Å²) in [6, 6.07) is 2.23. The number of hydrogen-bond donors (Lipinski definition) is 0. The minimum Gasteiger partial charge on any atom is -0.200 e. The lowest BCUT2D eigenvalue weighted by atomic mass is 10.0. The number of nitrogens with zero attached hydrogens (tertiary/aromatic N) is 1. The van der Waals surface area contributed by atoms with E-state index in [1.165, 1.54) is 26.8 Å². The van der Waals surface area contributed by atoms with E-state index in [4.69, 9.17) is 0 Å². The predicted molar refractivity (Wildman–Crippen MR) is 65.2 cm³/mol. The first-order valence-electron chi connectivity index (χ1n) is 5.01.